The number of carbonyl (C=O) groups is 1. The van der Waals surface area contributed by atoms with Crippen LogP contribution >= 0.6 is 0 Å². The van der Waals surface area contributed by atoms with Gasteiger partial charge in [0.2, 0.25) is 0 Å². The molecular weight excluding hydrogens is 378 g/mol. The molecule has 0 saturated carbocycles. The molecule has 1 aliphatic rings. The van der Waals surface area contributed by atoms with E-state index in [1.165, 1.54) is 0 Å². The maximum absolute atomic E-state index is 12.9. The lowest BCUT2D eigenvalue weighted by atomic mass is 9.92. The summed E-state index contributed by atoms with van der Waals surface area (Å²) in [7, 11) is 0. The topological polar surface area (TPSA) is 81.0 Å². The van der Waals surface area contributed by atoms with Crippen LogP contribution in [0.5, 0.6) is 0 Å². The fourth-order valence-electron chi connectivity index (χ4n) is 3.79. The van der Waals surface area contributed by atoms with Crippen LogP contribution in [0.3, 0.4) is 0 Å². The molecule has 4 rings (SSSR count). The van der Waals surface area contributed by atoms with Gasteiger partial charge in [-0.25, -0.2) is 9.97 Å². The van der Waals surface area contributed by atoms with Crippen LogP contribution in [-0.2, 0) is 12.0 Å². The van der Waals surface area contributed by atoms with Crippen molar-refractivity contribution >= 4 is 16.9 Å². The molecule has 7 nitrogen and oxygen atoms in total. The van der Waals surface area contributed by atoms with Gasteiger partial charge in [0.05, 0.1) is 29.3 Å². The zero-order valence-electron chi connectivity index (χ0n) is 17.7. The summed E-state index contributed by atoms with van der Waals surface area (Å²) in [5.74, 6) is 0.261. The number of aromatic nitrogens is 4. The number of fused-ring (bicyclic) bond motifs is 1. The van der Waals surface area contributed by atoms with E-state index < -0.39 is 0 Å². The number of carbonyl (C=O) groups excluding carboxylic acids is 1. The van der Waals surface area contributed by atoms with E-state index in [1.807, 2.05) is 49.9 Å². The highest BCUT2D eigenvalue weighted by Gasteiger charge is 2.25. The summed E-state index contributed by atoms with van der Waals surface area (Å²) in [4.78, 5) is 40.4. The Labute approximate surface area is 175 Å². The lowest BCUT2D eigenvalue weighted by Crippen LogP contribution is -2.40. The summed E-state index contributed by atoms with van der Waals surface area (Å²) in [6.07, 6.45) is 4.91. The van der Waals surface area contributed by atoms with Crippen LogP contribution < -0.4 is 5.56 Å². The van der Waals surface area contributed by atoms with Crippen LogP contribution in [0.25, 0.3) is 11.0 Å². The predicted molar refractivity (Wildman–Crippen MR) is 115 cm³/mol. The molecule has 2 aromatic heterocycles. The van der Waals surface area contributed by atoms with Crippen molar-refractivity contribution in [3.8, 4) is 0 Å². The number of piperidine rings is 1. The van der Waals surface area contributed by atoms with Crippen molar-refractivity contribution in [3.05, 3.63) is 64.6 Å². The SMILES string of the molecule is CC(C)(C)c1cc(=O)n(CC2CCN(C(=O)c3cnc4ccccc4n3)CC2)cn1. The molecule has 0 bridgehead atoms. The van der Waals surface area contributed by atoms with Gasteiger partial charge in [-0.3, -0.25) is 19.1 Å². The first kappa shape index (κ1) is 20.2. The molecular formula is C23H27N5O2. The highest BCUT2D eigenvalue weighted by molar-refractivity contribution is 5.93. The standard InChI is InChI=1S/C23H27N5O2/c1-23(2,3)20-12-21(29)28(15-25-20)14-16-8-10-27(11-9-16)22(30)19-13-24-17-6-4-5-7-18(17)26-19/h4-7,12-13,15-16H,8-11,14H2,1-3H3. The van der Waals surface area contributed by atoms with E-state index >= 15 is 0 Å². The van der Waals surface area contributed by atoms with Gasteiger partial charge in [-0.15, -0.1) is 0 Å². The average Bonchev–Trinajstić information content (AvgIpc) is 2.74. The number of benzene rings is 1. The monoisotopic (exact) mass is 405 g/mol. The summed E-state index contributed by atoms with van der Waals surface area (Å²) in [5.41, 5.74) is 2.54. The van der Waals surface area contributed by atoms with Gasteiger partial charge >= 0.3 is 0 Å². The number of hydrogen-bond donors (Lipinski definition) is 0. The van der Waals surface area contributed by atoms with Gasteiger partial charge in [-0.1, -0.05) is 32.9 Å². The fraction of sp³-hybridized carbons (Fsp3) is 0.435. The van der Waals surface area contributed by atoms with Crippen molar-refractivity contribution in [1.29, 1.82) is 0 Å². The molecule has 3 heterocycles. The van der Waals surface area contributed by atoms with E-state index in [-0.39, 0.29) is 16.9 Å². The number of nitrogens with zero attached hydrogens (tertiary/aromatic N) is 5. The quantitative estimate of drug-likeness (QED) is 0.669. The molecule has 1 fully saturated rings. The lowest BCUT2D eigenvalue weighted by Gasteiger charge is -2.32. The van der Waals surface area contributed by atoms with Crippen LogP contribution in [0.2, 0.25) is 0 Å². The summed E-state index contributed by atoms with van der Waals surface area (Å²) < 4.78 is 1.69. The second kappa shape index (κ2) is 7.97. The molecule has 0 aliphatic carbocycles. The second-order valence-corrected chi connectivity index (χ2v) is 8.99. The molecule has 0 radical (unpaired) electrons. The van der Waals surface area contributed by atoms with E-state index in [0.29, 0.717) is 31.2 Å². The first-order valence-corrected chi connectivity index (χ1v) is 10.4. The number of rotatable bonds is 3. The molecule has 7 heteroatoms. The minimum absolute atomic E-state index is 0.0140. The molecule has 156 valence electrons. The predicted octanol–water partition coefficient (Wildman–Crippen LogP) is 3.04. The third kappa shape index (κ3) is 4.25. The molecule has 0 N–H and O–H groups in total. The van der Waals surface area contributed by atoms with Gasteiger partial charge < -0.3 is 4.90 Å². The smallest absolute Gasteiger partial charge is 0.274 e. The fourth-order valence-corrected chi connectivity index (χ4v) is 3.79. The first-order chi connectivity index (χ1) is 14.3. The largest absolute Gasteiger partial charge is 0.337 e. The van der Waals surface area contributed by atoms with Crippen LogP contribution in [0.1, 0.15) is 49.8 Å². The average molecular weight is 406 g/mol. The van der Waals surface area contributed by atoms with Crippen molar-refractivity contribution < 1.29 is 4.79 Å². The normalized spacial score (nSPS) is 15.5. The Hall–Kier alpha value is -3.09. The van der Waals surface area contributed by atoms with Gasteiger partial charge in [0.15, 0.2) is 0 Å². The minimum atomic E-state index is -0.143. The van der Waals surface area contributed by atoms with E-state index in [4.69, 9.17) is 0 Å². The van der Waals surface area contributed by atoms with Crippen molar-refractivity contribution in [2.75, 3.05) is 13.1 Å². The van der Waals surface area contributed by atoms with Gasteiger partial charge in [-0.05, 0) is 30.9 Å². The molecule has 0 unspecified atom stereocenters. The van der Waals surface area contributed by atoms with Gasteiger partial charge in [0, 0.05) is 31.1 Å². The third-order valence-corrected chi connectivity index (χ3v) is 5.67. The Morgan fingerprint density at radius 2 is 1.80 bits per heavy atom. The molecule has 1 amide bonds. The number of hydrogen-bond acceptors (Lipinski definition) is 5. The minimum Gasteiger partial charge on any atom is -0.337 e. The highest BCUT2D eigenvalue weighted by atomic mass is 16.2. The Balaban J connectivity index is 1.39. The highest BCUT2D eigenvalue weighted by Crippen LogP contribution is 2.21. The molecule has 0 spiro atoms. The maximum atomic E-state index is 12.9. The molecule has 30 heavy (non-hydrogen) atoms. The first-order valence-electron chi connectivity index (χ1n) is 10.4. The van der Waals surface area contributed by atoms with Crippen LogP contribution in [0, 0.1) is 5.92 Å². The Morgan fingerprint density at radius 3 is 2.47 bits per heavy atom. The molecule has 1 aliphatic heterocycles. The lowest BCUT2D eigenvalue weighted by molar-refractivity contribution is 0.0676. The zero-order valence-corrected chi connectivity index (χ0v) is 17.7. The van der Waals surface area contributed by atoms with Crippen molar-refractivity contribution in [2.45, 2.75) is 45.6 Å². The van der Waals surface area contributed by atoms with Crippen LogP contribution in [0.15, 0.2) is 47.7 Å². The van der Waals surface area contributed by atoms with Crippen LogP contribution in [0.4, 0.5) is 0 Å². The number of amides is 1. The van der Waals surface area contributed by atoms with E-state index in [1.54, 1.807) is 23.2 Å². The van der Waals surface area contributed by atoms with E-state index in [2.05, 4.69) is 15.0 Å². The second-order valence-electron chi connectivity index (χ2n) is 8.99. The van der Waals surface area contributed by atoms with E-state index in [0.717, 1.165) is 29.6 Å². The molecule has 1 aromatic carbocycles. The number of likely N-dealkylation sites (tertiary alicyclic amines) is 1. The summed E-state index contributed by atoms with van der Waals surface area (Å²) in [6, 6.07) is 9.17. The van der Waals surface area contributed by atoms with E-state index in [9.17, 15) is 9.59 Å². The van der Waals surface area contributed by atoms with Gasteiger partial charge in [0.1, 0.15) is 5.69 Å². The Bertz CT molecular complexity index is 1120. The van der Waals surface area contributed by atoms with Crippen molar-refractivity contribution in [2.24, 2.45) is 5.92 Å². The maximum Gasteiger partial charge on any atom is 0.274 e. The van der Waals surface area contributed by atoms with Gasteiger partial charge in [-0.2, -0.15) is 0 Å². The number of para-hydroxylation sites is 2. The van der Waals surface area contributed by atoms with Crippen LogP contribution in [-0.4, -0.2) is 43.4 Å². The summed E-state index contributed by atoms with van der Waals surface area (Å²) >= 11 is 0. The Kier molecular flexibility index (Phi) is 5.37. The summed E-state index contributed by atoms with van der Waals surface area (Å²) in [6.45, 7) is 8.08. The molecule has 1 saturated heterocycles. The third-order valence-electron chi connectivity index (χ3n) is 5.67. The summed E-state index contributed by atoms with van der Waals surface area (Å²) in [5, 5.41) is 0. The van der Waals surface area contributed by atoms with Crippen molar-refractivity contribution in [1.82, 2.24) is 24.4 Å². The molecule has 3 aromatic rings. The Morgan fingerprint density at radius 1 is 1.10 bits per heavy atom. The molecule has 0 atom stereocenters. The van der Waals surface area contributed by atoms with Gasteiger partial charge in [0.25, 0.3) is 11.5 Å². The van der Waals surface area contributed by atoms with Crippen molar-refractivity contribution in [3.63, 3.8) is 0 Å². The zero-order chi connectivity index (χ0) is 21.3.